The van der Waals surface area contributed by atoms with Gasteiger partial charge in [-0.1, -0.05) is 19.9 Å². The molecule has 0 bridgehead atoms. The number of carbonyl (C=O) groups excluding carboxylic acids is 1. The summed E-state index contributed by atoms with van der Waals surface area (Å²) < 4.78 is 42.3. The molecule has 0 heterocycles. The van der Waals surface area contributed by atoms with E-state index in [4.69, 9.17) is 4.74 Å². The van der Waals surface area contributed by atoms with E-state index >= 15 is 0 Å². The molecule has 0 saturated heterocycles. The molecular formula is C13H16F3NO2. The summed E-state index contributed by atoms with van der Waals surface area (Å²) in [4.78, 5) is 11.3. The third kappa shape index (κ3) is 5.63. The van der Waals surface area contributed by atoms with E-state index in [0.717, 1.165) is 12.1 Å². The zero-order valence-electron chi connectivity index (χ0n) is 10.8. The Bertz CT molecular complexity index is 430. The van der Waals surface area contributed by atoms with Gasteiger partial charge in [0, 0.05) is 6.54 Å². The van der Waals surface area contributed by atoms with Gasteiger partial charge in [-0.25, -0.2) is 0 Å². The molecule has 0 spiro atoms. The van der Waals surface area contributed by atoms with Gasteiger partial charge in [-0.05, 0) is 24.1 Å². The average Bonchev–Trinajstić information content (AvgIpc) is 2.33. The maximum atomic E-state index is 12.4. The van der Waals surface area contributed by atoms with Crippen LogP contribution in [0.2, 0.25) is 0 Å². The molecule has 0 aromatic heterocycles. The maximum Gasteiger partial charge on any atom is 0.416 e. The fraction of sp³-hybridized carbons (Fsp3) is 0.462. The fourth-order valence-electron chi connectivity index (χ4n) is 1.28. The summed E-state index contributed by atoms with van der Waals surface area (Å²) in [7, 11) is 0. The first-order valence-corrected chi connectivity index (χ1v) is 5.86. The monoisotopic (exact) mass is 275 g/mol. The molecule has 0 radical (unpaired) electrons. The molecule has 0 saturated carbocycles. The van der Waals surface area contributed by atoms with E-state index < -0.39 is 11.7 Å². The van der Waals surface area contributed by atoms with Crippen molar-refractivity contribution in [3.05, 3.63) is 29.8 Å². The lowest BCUT2D eigenvalue weighted by Crippen LogP contribution is -2.31. The number of hydrogen-bond acceptors (Lipinski definition) is 2. The number of nitrogens with one attached hydrogen (secondary N) is 1. The van der Waals surface area contributed by atoms with E-state index in [1.54, 1.807) is 0 Å². The molecule has 1 N–H and O–H groups in total. The van der Waals surface area contributed by atoms with Gasteiger partial charge in [-0.15, -0.1) is 0 Å². The van der Waals surface area contributed by atoms with Crippen LogP contribution in [-0.4, -0.2) is 19.1 Å². The molecule has 6 heteroatoms. The third-order valence-corrected chi connectivity index (χ3v) is 2.24. The molecule has 19 heavy (non-hydrogen) atoms. The Morgan fingerprint density at radius 3 is 2.63 bits per heavy atom. The Morgan fingerprint density at radius 2 is 2.05 bits per heavy atom. The first-order valence-electron chi connectivity index (χ1n) is 5.86. The molecule has 1 aromatic carbocycles. The molecular weight excluding hydrogens is 259 g/mol. The summed E-state index contributed by atoms with van der Waals surface area (Å²) in [5.74, 6) is -0.0295. The summed E-state index contributed by atoms with van der Waals surface area (Å²) in [6.07, 6.45) is -4.42. The van der Waals surface area contributed by atoms with E-state index in [-0.39, 0.29) is 18.3 Å². The van der Waals surface area contributed by atoms with Crippen LogP contribution >= 0.6 is 0 Å². The minimum Gasteiger partial charge on any atom is -0.484 e. The quantitative estimate of drug-likeness (QED) is 0.897. The van der Waals surface area contributed by atoms with E-state index in [0.29, 0.717) is 12.5 Å². The number of hydrogen-bond donors (Lipinski definition) is 1. The largest absolute Gasteiger partial charge is 0.484 e. The van der Waals surface area contributed by atoms with Crippen molar-refractivity contribution in [1.82, 2.24) is 5.32 Å². The fourth-order valence-corrected chi connectivity index (χ4v) is 1.28. The topological polar surface area (TPSA) is 38.3 Å². The molecule has 0 aliphatic rings. The predicted molar refractivity (Wildman–Crippen MR) is 64.8 cm³/mol. The number of carbonyl (C=O) groups is 1. The van der Waals surface area contributed by atoms with Crippen molar-refractivity contribution in [2.45, 2.75) is 20.0 Å². The molecule has 0 aliphatic carbocycles. The Hall–Kier alpha value is -1.72. The van der Waals surface area contributed by atoms with Crippen molar-refractivity contribution in [3.63, 3.8) is 0 Å². The van der Waals surface area contributed by atoms with Crippen LogP contribution in [0.5, 0.6) is 5.75 Å². The summed E-state index contributed by atoms with van der Waals surface area (Å²) >= 11 is 0. The van der Waals surface area contributed by atoms with E-state index in [1.165, 1.54) is 12.1 Å². The maximum absolute atomic E-state index is 12.4. The van der Waals surface area contributed by atoms with Crippen molar-refractivity contribution < 1.29 is 22.7 Å². The van der Waals surface area contributed by atoms with Gasteiger partial charge in [0.05, 0.1) is 5.56 Å². The van der Waals surface area contributed by atoms with Crippen LogP contribution in [0.3, 0.4) is 0 Å². The highest BCUT2D eigenvalue weighted by Crippen LogP contribution is 2.31. The van der Waals surface area contributed by atoms with Crippen LogP contribution < -0.4 is 10.1 Å². The van der Waals surface area contributed by atoms with Gasteiger partial charge in [-0.3, -0.25) is 4.79 Å². The van der Waals surface area contributed by atoms with Crippen molar-refractivity contribution >= 4 is 5.91 Å². The lowest BCUT2D eigenvalue weighted by Gasteiger charge is -2.11. The Morgan fingerprint density at radius 1 is 1.37 bits per heavy atom. The molecule has 0 atom stereocenters. The van der Waals surface area contributed by atoms with Crippen molar-refractivity contribution in [2.24, 2.45) is 5.92 Å². The molecule has 1 amide bonds. The van der Waals surface area contributed by atoms with E-state index in [9.17, 15) is 18.0 Å². The Balaban J connectivity index is 2.52. The van der Waals surface area contributed by atoms with Crippen molar-refractivity contribution in [2.75, 3.05) is 13.2 Å². The Kier molecular flexibility index (Phi) is 5.20. The molecule has 1 aromatic rings. The first-order chi connectivity index (χ1) is 8.79. The highest BCUT2D eigenvalue weighted by atomic mass is 19.4. The number of ether oxygens (including phenoxy) is 1. The highest BCUT2D eigenvalue weighted by molar-refractivity contribution is 5.77. The SMILES string of the molecule is CC(C)CNC(=O)COc1cccc(C(F)(F)F)c1. The Labute approximate surface area is 109 Å². The van der Waals surface area contributed by atoms with Gasteiger partial charge in [-0.2, -0.15) is 13.2 Å². The number of halogens is 3. The van der Waals surface area contributed by atoms with E-state index in [1.807, 2.05) is 13.8 Å². The van der Waals surface area contributed by atoms with Gasteiger partial charge >= 0.3 is 6.18 Å². The zero-order chi connectivity index (χ0) is 14.5. The second-order valence-electron chi connectivity index (χ2n) is 4.51. The normalized spacial score (nSPS) is 11.5. The molecule has 0 aliphatic heterocycles. The van der Waals surface area contributed by atoms with Gasteiger partial charge < -0.3 is 10.1 Å². The highest BCUT2D eigenvalue weighted by Gasteiger charge is 2.30. The van der Waals surface area contributed by atoms with Crippen molar-refractivity contribution in [1.29, 1.82) is 0 Å². The van der Waals surface area contributed by atoms with Gasteiger partial charge in [0.25, 0.3) is 5.91 Å². The summed E-state index contributed by atoms with van der Waals surface area (Å²) in [6.45, 7) is 4.08. The van der Waals surface area contributed by atoms with Gasteiger partial charge in [0.1, 0.15) is 5.75 Å². The van der Waals surface area contributed by atoms with Crippen LogP contribution in [-0.2, 0) is 11.0 Å². The second kappa shape index (κ2) is 6.45. The summed E-state index contributed by atoms with van der Waals surface area (Å²) in [5, 5.41) is 2.61. The summed E-state index contributed by atoms with van der Waals surface area (Å²) in [6, 6.07) is 4.44. The van der Waals surface area contributed by atoms with Crippen LogP contribution in [0.15, 0.2) is 24.3 Å². The number of rotatable bonds is 5. The zero-order valence-corrected chi connectivity index (χ0v) is 10.8. The molecule has 106 valence electrons. The summed E-state index contributed by atoms with van der Waals surface area (Å²) in [5.41, 5.74) is -0.799. The second-order valence-corrected chi connectivity index (χ2v) is 4.51. The lowest BCUT2D eigenvalue weighted by atomic mass is 10.2. The third-order valence-electron chi connectivity index (χ3n) is 2.24. The minimum atomic E-state index is -4.42. The number of benzene rings is 1. The van der Waals surface area contributed by atoms with E-state index in [2.05, 4.69) is 5.32 Å². The minimum absolute atomic E-state index is 0.0227. The molecule has 0 fully saturated rings. The van der Waals surface area contributed by atoms with Crippen LogP contribution in [0.25, 0.3) is 0 Å². The van der Waals surface area contributed by atoms with Crippen LogP contribution in [0, 0.1) is 5.92 Å². The standard InChI is InChI=1S/C13H16F3NO2/c1-9(2)7-17-12(18)8-19-11-5-3-4-10(6-11)13(14,15)16/h3-6,9H,7-8H2,1-2H3,(H,17,18). The van der Waals surface area contributed by atoms with Gasteiger partial charge in [0.15, 0.2) is 6.61 Å². The van der Waals surface area contributed by atoms with Gasteiger partial charge in [0.2, 0.25) is 0 Å². The molecule has 1 rings (SSSR count). The van der Waals surface area contributed by atoms with Crippen molar-refractivity contribution in [3.8, 4) is 5.75 Å². The molecule has 3 nitrogen and oxygen atoms in total. The smallest absolute Gasteiger partial charge is 0.416 e. The number of alkyl halides is 3. The first kappa shape index (κ1) is 15.3. The average molecular weight is 275 g/mol. The van der Waals surface area contributed by atoms with Crippen LogP contribution in [0.1, 0.15) is 19.4 Å². The predicted octanol–water partition coefficient (Wildman–Crippen LogP) is 2.86. The molecule has 0 unspecified atom stereocenters. The lowest BCUT2D eigenvalue weighted by molar-refractivity contribution is -0.137. The number of amides is 1. The van der Waals surface area contributed by atoms with Crippen LogP contribution in [0.4, 0.5) is 13.2 Å².